The van der Waals surface area contributed by atoms with Crippen LogP contribution >= 0.6 is 0 Å². The summed E-state index contributed by atoms with van der Waals surface area (Å²) in [7, 11) is 0. The normalized spacial score (nSPS) is 12.9. The number of hydrogen-bond acceptors (Lipinski definition) is 3. The van der Waals surface area contributed by atoms with Crippen LogP contribution in [0.5, 0.6) is 0 Å². The van der Waals surface area contributed by atoms with Gasteiger partial charge in [-0.3, -0.25) is 9.67 Å². The quantitative estimate of drug-likeness (QED) is 0.914. The first-order valence-electron chi connectivity index (χ1n) is 6.48. The third-order valence-corrected chi connectivity index (χ3v) is 3.49. The van der Waals surface area contributed by atoms with Gasteiger partial charge in [0, 0.05) is 30.1 Å². The van der Waals surface area contributed by atoms with Crippen molar-refractivity contribution in [2.75, 3.05) is 0 Å². The number of aromatic carboxylic acids is 1. The molecule has 0 unspecified atom stereocenters. The van der Waals surface area contributed by atoms with E-state index in [2.05, 4.69) is 10.1 Å². The van der Waals surface area contributed by atoms with Crippen molar-refractivity contribution in [1.82, 2.24) is 14.8 Å². The molecule has 0 aliphatic heterocycles. The summed E-state index contributed by atoms with van der Waals surface area (Å²) in [6.07, 6.45) is 5.99. The van der Waals surface area contributed by atoms with Crippen molar-refractivity contribution in [3.8, 4) is 11.3 Å². The largest absolute Gasteiger partial charge is 0.477 e. The molecule has 2 aromatic heterocycles. The van der Waals surface area contributed by atoms with Crippen molar-refractivity contribution in [3.63, 3.8) is 0 Å². The molecule has 0 saturated carbocycles. The van der Waals surface area contributed by atoms with Gasteiger partial charge in [-0.2, -0.15) is 5.10 Å². The molecule has 0 atom stereocenters. The van der Waals surface area contributed by atoms with Crippen LogP contribution < -0.4 is 0 Å². The fourth-order valence-corrected chi connectivity index (χ4v) is 2.68. The highest BCUT2D eigenvalue weighted by Crippen LogP contribution is 2.34. The van der Waals surface area contributed by atoms with E-state index in [0.717, 1.165) is 41.6 Å². The van der Waals surface area contributed by atoms with Gasteiger partial charge in [-0.05, 0) is 30.9 Å². The standard InChI is InChI=1S/C14H15N3O2/c1-2-7-17-13(14(18)19)11-4-3-9-8-15-6-5-10(9)12(11)16-17/h5-6,8H,2-4,7H2,1H3,(H,18,19). The summed E-state index contributed by atoms with van der Waals surface area (Å²) in [5.74, 6) is -0.889. The number of fused-ring (bicyclic) bond motifs is 3. The van der Waals surface area contributed by atoms with Crippen LogP contribution in [0.15, 0.2) is 18.5 Å². The van der Waals surface area contributed by atoms with E-state index in [1.54, 1.807) is 10.9 Å². The molecule has 1 aliphatic rings. The van der Waals surface area contributed by atoms with Crippen LogP contribution in [0.4, 0.5) is 0 Å². The molecule has 2 heterocycles. The highest BCUT2D eigenvalue weighted by Gasteiger charge is 2.27. The number of carboxylic acid groups (broad SMARTS) is 1. The summed E-state index contributed by atoms with van der Waals surface area (Å²) in [6.45, 7) is 2.65. The van der Waals surface area contributed by atoms with Crippen LogP contribution in [-0.2, 0) is 19.4 Å². The summed E-state index contributed by atoms with van der Waals surface area (Å²) in [5.41, 5.74) is 4.19. The molecule has 0 bridgehead atoms. The number of pyridine rings is 1. The summed E-state index contributed by atoms with van der Waals surface area (Å²) < 4.78 is 1.63. The first-order chi connectivity index (χ1) is 9.22. The zero-order chi connectivity index (χ0) is 13.4. The average molecular weight is 257 g/mol. The first-order valence-corrected chi connectivity index (χ1v) is 6.48. The third kappa shape index (κ3) is 1.82. The summed E-state index contributed by atoms with van der Waals surface area (Å²) >= 11 is 0. The Balaban J connectivity index is 2.21. The number of hydrogen-bond donors (Lipinski definition) is 1. The Kier molecular flexibility index (Phi) is 2.81. The lowest BCUT2D eigenvalue weighted by Crippen LogP contribution is -2.12. The van der Waals surface area contributed by atoms with Crippen LogP contribution in [0, 0.1) is 0 Å². The molecular weight excluding hydrogens is 242 g/mol. The molecule has 0 spiro atoms. The van der Waals surface area contributed by atoms with Crippen molar-refractivity contribution >= 4 is 5.97 Å². The molecule has 0 amide bonds. The molecule has 0 fully saturated rings. The van der Waals surface area contributed by atoms with Crippen molar-refractivity contribution in [3.05, 3.63) is 35.3 Å². The van der Waals surface area contributed by atoms with Gasteiger partial charge in [-0.1, -0.05) is 6.92 Å². The van der Waals surface area contributed by atoms with E-state index in [0.29, 0.717) is 12.2 Å². The molecule has 3 rings (SSSR count). The van der Waals surface area contributed by atoms with Gasteiger partial charge in [-0.25, -0.2) is 4.79 Å². The van der Waals surface area contributed by atoms with Crippen LogP contribution in [0.1, 0.15) is 35.0 Å². The molecule has 98 valence electrons. The number of aryl methyl sites for hydroxylation is 2. The fraction of sp³-hybridized carbons (Fsp3) is 0.357. The predicted octanol–water partition coefficient (Wildman–Crippen LogP) is 2.15. The van der Waals surface area contributed by atoms with Crippen LogP contribution in [0.3, 0.4) is 0 Å². The highest BCUT2D eigenvalue weighted by molar-refractivity contribution is 5.90. The minimum atomic E-state index is -0.889. The second-order valence-corrected chi connectivity index (χ2v) is 4.74. The Bertz CT molecular complexity index is 646. The summed E-state index contributed by atoms with van der Waals surface area (Å²) in [5, 5.41) is 13.9. The first kappa shape index (κ1) is 11.9. The summed E-state index contributed by atoms with van der Waals surface area (Å²) in [6, 6.07) is 1.92. The van der Waals surface area contributed by atoms with Gasteiger partial charge in [0.05, 0.1) is 5.69 Å². The van der Waals surface area contributed by atoms with Gasteiger partial charge in [0.2, 0.25) is 0 Å². The lowest BCUT2D eigenvalue weighted by atomic mass is 9.90. The second kappa shape index (κ2) is 4.50. The number of aromatic nitrogens is 3. The number of rotatable bonds is 3. The van der Waals surface area contributed by atoms with E-state index in [9.17, 15) is 9.90 Å². The molecule has 1 aliphatic carbocycles. The molecule has 5 nitrogen and oxygen atoms in total. The van der Waals surface area contributed by atoms with Crippen molar-refractivity contribution < 1.29 is 9.90 Å². The van der Waals surface area contributed by atoms with Crippen LogP contribution in [0.2, 0.25) is 0 Å². The summed E-state index contributed by atoms with van der Waals surface area (Å²) in [4.78, 5) is 15.6. The Morgan fingerprint density at radius 1 is 1.47 bits per heavy atom. The molecule has 19 heavy (non-hydrogen) atoms. The average Bonchev–Trinajstić information content (AvgIpc) is 2.77. The molecule has 1 N–H and O–H groups in total. The predicted molar refractivity (Wildman–Crippen MR) is 70.1 cm³/mol. The monoisotopic (exact) mass is 257 g/mol. The Morgan fingerprint density at radius 3 is 3.05 bits per heavy atom. The Hall–Kier alpha value is -2.17. The number of carbonyl (C=O) groups is 1. The molecular formula is C14H15N3O2. The van der Waals surface area contributed by atoms with Gasteiger partial charge >= 0.3 is 5.97 Å². The zero-order valence-corrected chi connectivity index (χ0v) is 10.8. The molecule has 2 aromatic rings. The van der Waals surface area contributed by atoms with Crippen molar-refractivity contribution in [2.24, 2.45) is 0 Å². The highest BCUT2D eigenvalue weighted by atomic mass is 16.4. The lowest BCUT2D eigenvalue weighted by molar-refractivity contribution is 0.0682. The smallest absolute Gasteiger partial charge is 0.354 e. The molecule has 5 heteroatoms. The van der Waals surface area contributed by atoms with Gasteiger partial charge in [0.25, 0.3) is 0 Å². The van der Waals surface area contributed by atoms with Gasteiger partial charge < -0.3 is 5.11 Å². The van der Waals surface area contributed by atoms with E-state index in [1.165, 1.54) is 0 Å². The van der Waals surface area contributed by atoms with Crippen LogP contribution in [-0.4, -0.2) is 25.8 Å². The van der Waals surface area contributed by atoms with Gasteiger partial charge in [0.15, 0.2) is 0 Å². The van der Waals surface area contributed by atoms with E-state index in [1.807, 2.05) is 19.2 Å². The molecule has 0 saturated heterocycles. The SMILES string of the molecule is CCCn1nc2c(c1C(=O)O)CCc1cnccc1-2. The fourth-order valence-electron chi connectivity index (χ4n) is 2.68. The molecule has 0 radical (unpaired) electrons. The van der Waals surface area contributed by atoms with Gasteiger partial charge in [-0.15, -0.1) is 0 Å². The van der Waals surface area contributed by atoms with Crippen LogP contribution in [0.25, 0.3) is 11.3 Å². The minimum Gasteiger partial charge on any atom is -0.477 e. The maximum absolute atomic E-state index is 11.5. The topological polar surface area (TPSA) is 68.0 Å². The zero-order valence-electron chi connectivity index (χ0n) is 10.8. The number of nitrogens with zero attached hydrogens (tertiary/aromatic N) is 3. The van der Waals surface area contributed by atoms with Crippen molar-refractivity contribution in [2.45, 2.75) is 32.7 Å². The Morgan fingerprint density at radius 2 is 2.32 bits per heavy atom. The van der Waals surface area contributed by atoms with E-state index in [-0.39, 0.29) is 0 Å². The van der Waals surface area contributed by atoms with E-state index >= 15 is 0 Å². The second-order valence-electron chi connectivity index (χ2n) is 4.74. The number of carboxylic acids is 1. The van der Waals surface area contributed by atoms with E-state index in [4.69, 9.17) is 0 Å². The minimum absolute atomic E-state index is 0.347. The van der Waals surface area contributed by atoms with Crippen molar-refractivity contribution in [1.29, 1.82) is 0 Å². The van der Waals surface area contributed by atoms with E-state index < -0.39 is 5.97 Å². The van der Waals surface area contributed by atoms with Gasteiger partial charge in [0.1, 0.15) is 5.69 Å². The maximum Gasteiger partial charge on any atom is 0.354 e. The lowest BCUT2D eigenvalue weighted by Gasteiger charge is -2.14. The maximum atomic E-state index is 11.5. The third-order valence-electron chi connectivity index (χ3n) is 3.49. The Labute approximate surface area is 110 Å². The molecule has 0 aromatic carbocycles.